The quantitative estimate of drug-likeness (QED) is 0.489. The molecule has 3 aromatic carbocycles. The third-order valence-electron chi connectivity index (χ3n) is 5.67. The summed E-state index contributed by atoms with van der Waals surface area (Å²) >= 11 is 0. The van der Waals surface area contributed by atoms with Gasteiger partial charge in [0.2, 0.25) is 10.0 Å². The Hall–Kier alpha value is -3.03. The minimum Gasteiger partial charge on any atom is -0.507 e. The van der Waals surface area contributed by atoms with Crippen molar-refractivity contribution < 1.29 is 23.0 Å². The standard InChI is InChI=1S/C26H31NO5S/c1-18-6-9-23(10-7-18)33(29,30)27(13-12-21-14-19(2)26(28)20(3)15-21)17-22-8-11-24(31-4)25(16-22)32-5/h6-11,14-16,28H,12-13,17H2,1-5H3. The second-order valence-corrected chi connectivity index (χ2v) is 10.1. The molecule has 33 heavy (non-hydrogen) atoms. The van der Waals surface area contributed by atoms with Gasteiger partial charge in [0, 0.05) is 13.1 Å². The van der Waals surface area contributed by atoms with Gasteiger partial charge in [-0.3, -0.25) is 0 Å². The first-order chi connectivity index (χ1) is 15.6. The van der Waals surface area contributed by atoms with Gasteiger partial charge in [-0.25, -0.2) is 8.42 Å². The maximum absolute atomic E-state index is 13.6. The number of phenols is 1. The van der Waals surface area contributed by atoms with Gasteiger partial charge in [0.05, 0.1) is 19.1 Å². The molecule has 0 aliphatic rings. The predicted molar refractivity (Wildman–Crippen MR) is 130 cm³/mol. The van der Waals surface area contributed by atoms with Crippen molar-refractivity contribution >= 4 is 10.0 Å². The zero-order chi connectivity index (χ0) is 24.2. The highest BCUT2D eigenvalue weighted by Gasteiger charge is 2.25. The molecule has 0 bridgehead atoms. The Morgan fingerprint density at radius 1 is 0.818 bits per heavy atom. The van der Waals surface area contributed by atoms with E-state index in [0.29, 0.717) is 17.9 Å². The average molecular weight is 470 g/mol. The number of sulfonamides is 1. The third-order valence-corrected chi connectivity index (χ3v) is 7.53. The Morgan fingerprint density at radius 2 is 1.42 bits per heavy atom. The van der Waals surface area contributed by atoms with Crippen molar-refractivity contribution in [2.24, 2.45) is 0 Å². The van der Waals surface area contributed by atoms with Crippen LogP contribution in [0.4, 0.5) is 0 Å². The molecule has 6 nitrogen and oxygen atoms in total. The molecule has 3 aromatic rings. The zero-order valence-corrected chi connectivity index (χ0v) is 20.6. The van der Waals surface area contributed by atoms with Crippen LogP contribution in [0.25, 0.3) is 0 Å². The Labute approximate surface area is 196 Å². The molecule has 0 radical (unpaired) electrons. The number of phenolic OH excluding ortho intramolecular Hbond substituents is 1. The zero-order valence-electron chi connectivity index (χ0n) is 19.8. The molecule has 0 atom stereocenters. The van der Waals surface area contributed by atoms with E-state index in [9.17, 15) is 13.5 Å². The molecular formula is C26H31NO5S. The summed E-state index contributed by atoms with van der Waals surface area (Å²) in [5.74, 6) is 1.41. The second kappa shape index (κ2) is 10.3. The maximum atomic E-state index is 13.6. The van der Waals surface area contributed by atoms with Gasteiger partial charge in [0.1, 0.15) is 5.75 Å². The highest BCUT2D eigenvalue weighted by Crippen LogP contribution is 2.29. The van der Waals surface area contributed by atoms with Gasteiger partial charge in [-0.15, -0.1) is 0 Å². The van der Waals surface area contributed by atoms with Crippen molar-refractivity contribution in [1.82, 2.24) is 4.31 Å². The lowest BCUT2D eigenvalue weighted by Crippen LogP contribution is -2.32. The maximum Gasteiger partial charge on any atom is 0.243 e. The van der Waals surface area contributed by atoms with E-state index in [4.69, 9.17) is 9.47 Å². The Morgan fingerprint density at radius 3 is 2.00 bits per heavy atom. The van der Waals surface area contributed by atoms with Crippen molar-refractivity contribution in [2.45, 2.75) is 38.6 Å². The number of methoxy groups -OCH3 is 2. The van der Waals surface area contributed by atoms with Gasteiger partial charge in [0.15, 0.2) is 11.5 Å². The predicted octanol–water partition coefficient (Wildman–Crippen LogP) is 4.77. The number of nitrogens with zero attached hydrogens (tertiary/aromatic N) is 1. The molecule has 0 unspecified atom stereocenters. The van der Waals surface area contributed by atoms with Gasteiger partial charge < -0.3 is 14.6 Å². The molecular weight excluding hydrogens is 438 g/mol. The summed E-state index contributed by atoms with van der Waals surface area (Å²) in [6.45, 7) is 6.08. The van der Waals surface area contributed by atoms with E-state index in [2.05, 4.69) is 0 Å². The lowest BCUT2D eigenvalue weighted by atomic mass is 10.0. The van der Waals surface area contributed by atoms with Crippen LogP contribution in [0.1, 0.15) is 27.8 Å². The average Bonchev–Trinajstić information content (AvgIpc) is 2.80. The van der Waals surface area contributed by atoms with Gasteiger partial charge >= 0.3 is 0 Å². The number of aromatic hydroxyl groups is 1. The van der Waals surface area contributed by atoms with Crippen molar-refractivity contribution in [3.8, 4) is 17.2 Å². The molecule has 0 fully saturated rings. The fourth-order valence-corrected chi connectivity index (χ4v) is 5.20. The Kier molecular flexibility index (Phi) is 7.66. The minimum absolute atomic E-state index is 0.187. The van der Waals surface area contributed by atoms with E-state index in [1.165, 1.54) is 4.31 Å². The fourth-order valence-electron chi connectivity index (χ4n) is 3.77. The first kappa shape index (κ1) is 24.6. The summed E-state index contributed by atoms with van der Waals surface area (Å²) in [4.78, 5) is 0.256. The van der Waals surface area contributed by atoms with Crippen molar-refractivity contribution in [1.29, 1.82) is 0 Å². The summed E-state index contributed by atoms with van der Waals surface area (Å²) in [7, 11) is -0.622. The van der Waals surface area contributed by atoms with Crippen LogP contribution in [0.2, 0.25) is 0 Å². The normalized spacial score (nSPS) is 11.6. The van der Waals surface area contributed by atoms with Crippen molar-refractivity contribution in [3.05, 3.63) is 82.4 Å². The van der Waals surface area contributed by atoms with E-state index < -0.39 is 10.0 Å². The fraction of sp³-hybridized carbons (Fsp3) is 0.308. The van der Waals surface area contributed by atoms with Gasteiger partial charge in [0.25, 0.3) is 0 Å². The van der Waals surface area contributed by atoms with Crippen LogP contribution < -0.4 is 9.47 Å². The molecule has 7 heteroatoms. The smallest absolute Gasteiger partial charge is 0.243 e. The SMILES string of the molecule is COc1ccc(CN(CCc2cc(C)c(O)c(C)c2)S(=O)(=O)c2ccc(C)cc2)cc1OC. The number of hydrogen-bond donors (Lipinski definition) is 1. The number of aryl methyl sites for hydroxylation is 3. The molecule has 0 heterocycles. The second-order valence-electron chi connectivity index (χ2n) is 8.17. The third kappa shape index (κ3) is 5.67. The van der Waals surface area contributed by atoms with Crippen LogP contribution >= 0.6 is 0 Å². The summed E-state index contributed by atoms with van der Waals surface area (Å²) in [6.07, 6.45) is 0.514. The minimum atomic E-state index is -3.74. The molecule has 3 rings (SSSR count). The lowest BCUT2D eigenvalue weighted by Gasteiger charge is -2.23. The highest BCUT2D eigenvalue weighted by molar-refractivity contribution is 7.89. The van der Waals surface area contributed by atoms with E-state index in [-0.39, 0.29) is 23.7 Å². The Bertz CT molecular complexity index is 1200. The van der Waals surface area contributed by atoms with Crippen LogP contribution in [0.15, 0.2) is 59.5 Å². The first-order valence-corrected chi connectivity index (χ1v) is 12.2. The van der Waals surface area contributed by atoms with Crippen LogP contribution in [0, 0.1) is 20.8 Å². The molecule has 0 saturated carbocycles. The first-order valence-electron chi connectivity index (χ1n) is 10.7. The van der Waals surface area contributed by atoms with Crippen molar-refractivity contribution in [2.75, 3.05) is 20.8 Å². The molecule has 0 aromatic heterocycles. The number of rotatable bonds is 9. The van der Waals surface area contributed by atoms with Crippen molar-refractivity contribution in [3.63, 3.8) is 0 Å². The van der Waals surface area contributed by atoms with E-state index in [1.54, 1.807) is 50.6 Å². The molecule has 1 N–H and O–H groups in total. The van der Waals surface area contributed by atoms with Crippen LogP contribution in [-0.2, 0) is 23.0 Å². The molecule has 0 spiro atoms. The molecule has 176 valence electrons. The van der Waals surface area contributed by atoms with Crippen LogP contribution in [0.5, 0.6) is 17.2 Å². The monoisotopic (exact) mass is 469 g/mol. The summed E-state index contributed by atoms with van der Waals surface area (Å²) < 4.78 is 39.3. The molecule has 0 saturated heterocycles. The highest BCUT2D eigenvalue weighted by atomic mass is 32.2. The summed E-state index contributed by atoms with van der Waals surface area (Å²) in [5, 5.41) is 10.1. The molecule has 0 aliphatic carbocycles. The summed E-state index contributed by atoms with van der Waals surface area (Å²) in [6, 6.07) is 16.1. The Balaban J connectivity index is 1.94. The summed E-state index contributed by atoms with van der Waals surface area (Å²) in [5.41, 5.74) is 4.31. The van der Waals surface area contributed by atoms with E-state index >= 15 is 0 Å². The van der Waals surface area contributed by atoms with Gasteiger partial charge in [-0.05, 0) is 73.7 Å². The van der Waals surface area contributed by atoms with Crippen LogP contribution in [-0.4, -0.2) is 38.6 Å². The van der Waals surface area contributed by atoms with E-state index in [0.717, 1.165) is 27.8 Å². The number of hydrogen-bond acceptors (Lipinski definition) is 5. The van der Waals surface area contributed by atoms with E-state index in [1.807, 2.05) is 39.0 Å². The van der Waals surface area contributed by atoms with Gasteiger partial charge in [-0.1, -0.05) is 35.9 Å². The number of benzene rings is 3. The largest absolute Gasteiger partial charge is 0.507 e. The topological polar surface area (TPSA) is 76.1 Å². The lowest BCUT2D eigenvalue weighted by molar-refractivity contribution is 0.353. The number of ether oxygens (including phenoxy) is 2. The van der Waals surface area contributed by atoms with Crippen LogP contribution in [0.3, 0.4) is 0 Å². The molecule has 0 amide bonds. The van der Waals surface area contributed by atoms with Gasteiger partial charge in [-0.2, -0.15) is 4.31 Å². The molecule has 0 aliphatic heterocycles.